The van der Waals surface area contributed by atoms with Gasteiger partial charge in [0, 0.05) is 0 Å². The van der Waals surface area contributed by atoms with Gasteiger partial charge >= 0.3 is 0 Å². The van der Waals surface area contributed by atoms with Crippen LogP contribution in [0.25, 0.3) is 6.08 Å². The third kappa shape index (κ3) is 1.31. The summed E-state index contributed by atoms with van der Waals surface area (Å²) in [6.07, 6.45) is 1.65. The maximum atomic E-state index is 9.05. The molecule has 0 bridgehead atoms. The second-order valence-corrected chi connectivity index (χ2v) is 2.32. The van der Waals surface area contributed by atoms with Crippen molar-refractivity contribution in [1.82, 2.24) is 0 Å². The normalized spacial score (nSPS) is 9.30. The van der Waals surface area contributed by atoms with Gasteiger partial charge in [-0.3, -0.25) is 0 Å². The van der Waals surface area contributed by atoms with E-state index >= 15 is 0 Å². The summed E-state index contributed by atoms with van der Waals surface area (Å²) in [5.74, 6) is 0.0964. The van der Waals surface area contributed by atoms with E-state index in [2.05, 4.69) is 6.58 Å². The quantitative estimate of drug-likeness (QED) is 0.660. The first-order chi connectivity index (χ1) is 4.74. The maximum Gasteiger partial charge on any atom is 0.134 e. The molecule has 0 saturated heterocycles. The minimum atomic E-state index is 0.0964. The molecule has 0 amide bonds. The highest BCUT2D eigenvalue weighted by molar-refractivity contribution is 6.32. The molecule has 0 heterocycles. The topological polar surface area (TPSA) is 20.2 Å². The van der Waals surface area contributed by atoms with Gasteiger partial charge in [0.2, 0.25) is 0 Å². The Labute approximate surface area is 64.6 Å². The summed E-state index contributed by atoms with van der Waals surface area (Å²) in [4.78, 5) is 0. The van der Waals surface area contributed by atoms with Crippen molar-refractivity contribution in [3.05, 3.63) is 35.4 Å². The van der Waals surface area contributed by atoms with E-state index in [1.807, 2.05) is 0 Å². The molecule has 1 N–H and O–H groups in total. The van der Waals surface area contributed by atoms with Gasteiger partial charge in [0.05, 0.1) is 5.02 Å². The van der Waals surface area contributed by atoms with Crippen LogP contribution in [0.4, 0.5) is 0 Å². The third-order valence-electron chi connectivity index (χ3n) is 1.21. The van der Waals surface area contributed by atoms with Gasteiger partial charge in [-0.25, -0.2) is 0 Å². The second kappa shape index (κ2) is 2.76. The number of phenolic OH excluding ortho intramolecular Hbond substituents is 1. The van der Waals surface area contributed by atoms with Crippen molar-refractivity contribution in [2.24, 2.45) is 0 Å². The van der Waals surface area contributed by atoms with Crippen LogP contribution in [0.15, 0.2) is 24.8 Å². The minimum absolute atomic E-state index is 0.0964. The Bertz CT molecular complexity index is 255. The highest BCUT2D eigenvalue weighted by atomic mass is 35.5. The molecule has 1 aromatic carbocycles. The van der Waals surface area contributed by atoms with Gasteiger partial charge in [0.25, 0.3) is 0 Å². The Morgan fingerprint density at radius 1 is 1.50 bits per heavy atom. The SMILES string of the molecule is C=Cc1ccc(Cl)c(O)c1. The number of rotatable bonds is 1. The Hall–Kier alpha value is -0.950. The summed E-state index contributed by atoms with van der Waals surface area (Å²) in [5, 5.41) is 9.42. The van der Waals surface area contributed by atoms with E-state index in [0.717, 1.165) is 5.56 Å². The summed E-state index contributed by atoms with van der Waals surface area (Å²) in [7, 11) is 0. The average Bonchev–Trinajstić information content (AvgIpc) is 1.95. The Morgan fingerprint density at radius 3 is 2.70 bits per heavy atom. The smallest absolute Gasteiger partial charge is 0.134 e. The van der Waals surface area contributed by atoms with E-state index in [1.54, 1.807) is 24.3 Å². The van der Waals surface area contributed by atoms with Crippen molar-refractivity contribution >= 4 is 17.7 Å². The molecule has 0 radical (unpaired) electrons. The van der Waals surface area contributed by atoms with Gasteiger partial charge < -0.3 is 5.11 Å². The highest BCUT2D eigenvalue weighted by Gasteiger charge is 1.95. The molecule has 0 aliphatic carbocycles. The number of hydrogen-bond donors (Lipinski definition) is 1. The van der Waals surface area contributed by atoms with Crippen LogP contribution in [0.3, 0.4) is 0 Å². The standard InChI is InChI=1S/C8H7ClO/c1-2-6-3-4-7(9)8(10)5-6/h2-5,10H,1H2. The predicted molar refractivity (Wildman–Crippen MR) is 43.2 cm³/mol. The number of halogens is 1. The van der Waals surface area contributed by atoms with Crippen molar-refractivity contribution < 1.29 is 5.11 Å². The molecule has 0 unspecified atom stereocenters. The van der Waals surface area contributed by atoms with Crippen LogP contribution in [0.2, 0.25) is 5.02 Å². The van der Waals surface area contributed by atoms with Gasteiger partial charge in [0.15, 0.2) is 0 Å². The van der Waals surface area contributed by atoms with Crippen LogP contribution in [0, 0.1) is 0 Å². The molecule has 1 aromatic rings. The van der Waals surface area contributed by atoms with Gasteiger partial charge in [-0.05, 0) is 17.7 Å². The number of benzene rings is 1. The fourth-order valence-electron chi connectivity index (χ4n) is 0.657. The highest BCUT2D eigenvalue weighted by Crippen LogP contribution is 2.23. The van der Waals surface area contributed by atoms with Crippen LogP contribution in [-0.4, -0.2) is 5.11 Å². The van der Waals surface area contributed by atoms with Crippen LogP contribution in [-0.2, 0) is 0 Å². The molecule has 0 aliphatic rings. The molecule has 10 heavy (non-hydrogen) atoms. The summed E-state index contributed by atoms with van der Waals surface area (Å²) in [6, 6.07) is 4.98. The Balaban J connectivity index is 3.16. The van der Waals surface area contributed by atoms with E-state index in [1.165, 1.54) is 0 Å². The zero-order chi connectivity index (χ0) is 7.56. The zero-order valence-electron chi connectivity index (χ0n) is 5.34. The summed E-state index contributed by atoms with van der Waals surface area (Å²) < 4.78 is 0. The van der Waals surface area contributed by atoms with Crippen molar-refractivity contribution in [2.45, 2.75) is 0 Å². The summed E-state index contributed by atoms with van der Waals surface area (Å²) >= 11 is 5.55. The summed E-state index contributed by atoms with van der Waals surface area (Å²) in [5.41, 5.74) is 0.863. The molecule has 0 saturated carbocycles. The minimum Gasteiger partial charge on any atom is -0.506 e. The Morgan fingerprint density at radius 2 is 2.20 bits per heavy atom. The van der Waals surface area contributed by atoms with E-state index in [4.69, 9.17) is 16.7 Å². The van der Waals surface area contributed by atoms with Crippen molar-refractivity contribution in [2.75, 3.05) is 0 Å². The van der Waals surface area contributed by atoms with E-state index in [-0.39, 0.29) is 5.75 Å². The Kier molecular flexibility index (Phi) is 1.97. The van der Waals surface area contributed by atoms with E-state index in [0.29, 0.717) is 5.02 Å². The fourth-order valence-corrected chi connectivity index (χ4v) is 0.774. The molecular formula is C8H7ClO. The molecule has 0 aromatic heterocycles. The lowest BCUT2D eigenvalue weighted by atomic mass is 10.2. The maximum absolute atomic E-state index is 9.05. The lowest BCUT2D eigenvalue weighted by Crippen LogP contribution is -1.71. The molecule has 1 nitrogen and oxygen atoms in total. The molecule has 0 aliphatic heterocycles. The monoisotopic (exact) mass is 154 g/mol. The third-order valence-corrected chi connectivity index (χ3v) is 1.53. The largest absolute Gasteiger partial charge is 0.506 e. The predicted octanol–water partition coefficient (Wildman–Crippen LogP) is 2.69. The van der Waals surface area contributed by atoms with Crippen molar-refractivity contribution in [3.8, 4) is 5.75 Å². The lowest BCUT2D eigenvalue weighted by Gasteiger charge is -1.96. The number of aromatic hydroxyl groups is 1. The molecule has 0 atom stereocenters. The first-order valence-corrected chi connectivity index (χ1v) is 3.23. The van der Waals surface area contributed by atoms with Crippen molar-refractivity contribution in [3.63, 3.8) is 0 Å². The second-order valence-electron chi connectivity index (χ2n) is 1.91. The van der Waals surface area contributed by atoms with Crippen LogP contribution in [0.1, 0.15) is 5.56 Å². The first kappa shape index (κ1) is 7.16. The molecular weight excluding hydrogens is 148 g/mol. The van der Waals surface area contributed by atoms with Gasteiger partial charge in [0.1, 0.15) is 5.75 Å². The molecule has 52 valence electrons. The van der Waals surface area contributed by atoms with Crippen molar-refractivity contribution in [1.29, 1.82) is 0 Å². The summed E-state index contributed by atoms with van der Waals surface area (Å²) in [6.45, 7) is 3.55. The average molecular weight is 155 g/mol. The van der Waals surface area contributed by atoms with Crippen LogP contribution < -0.4 is 0 Å². The van der Waals surface area contributed by atoms with Crippen LogP contribution in [0.5, 0.6) is 5.75 Å². The number of hydrogen-bond acceptors (Lipinski definition) is 1. The van der Waals surface area contributed by atoms with Crippen LogP contribution >= 0.6 is 11.6 Å². The van der Waals surface area contributed by atoms with Gasteiger partial charge in [-0.15, -0.1) is 0 Å². The first-order valence-electron chi connectivity index (χ1n) is 2.85. The molecule has 2 heteroatoms. The zero-order valence-corrected chi connectivity index (χ0v) is 6.10. The van der Waals surface area contributed by atoms with E-state index in [9.17, 15) is 0 Å². The van der Waals surface area contributed by atoms with Gasteiger partial charge in [-0.2, -0.15) is 0 Å². The lowest BCUT2D eigenvalue weighted by molar-refractivity contribution is 0.475. The number of phenols is 1. The molecule has 0 spiro atoms. The fraction of sp³-hybridized carbons (Fsp3) is 0. The van der Waals surface area contributed by atoms with E-state index < -0.39 is 0 Å². The van der Waals surface area contributed by atoms with Gasteiger partial charge in [-0.1, -0.05) is 30.3 Å². The molecule has 0 fully saturated rings. The molecule has 1 rings (SSSR count).